The molecule has 2 rings (SSSR count). The third-order valence-corrected chi connectivity index (χ3v) is 3.62. The van der Waals surface area contributed by atoms with E-state index in [0.717, 1.165) is 18.3 Å². The second kappa shape index (κ2) is 6.22. The van der Waals surface area contributed by atoms with Crippen LogP contribution in [0.15, 0.2) is 16.5 Å². The molecular formula is C14H23NO2. The van der Waals surface area contributed by atoms with Gasteiger partial charge in [0.15, 0.2) is 0 Å². The number of rotatable bonds is 6. The standard InChI is InChI=1S/C14H23NO2/c1-2-3-5-12-6-4-9-15(12)10-13-7-8-14(11-16)17-13/h7-8,12,16H,2-6,9-11H2,1H3/t12-/m0/s1. The summed E-state index contributed by atoms with van der Waals surface area (Å²) in [5, 5.41) is 8.97. The van der Waals surface area contributed by atoms with Crippen LogP contribution in [0.4, 0.5) is 0 Å². The molecule has 0 amide bonds. The first-order chi connectivity index (χ1) is 8.33. The van der Waals surface area contributed by atoms with Gasteiger partial charge in [0, 0.05) is 6.04 Å². The van der Waals surface area contributed by atoms with Crippen molar-refractivity contribution in [2.45, 2.75) is 58.2 Å². The molecule has 0 unspecified atom stereocenters. The smallest absolute Gasteiger partial charge is 0.129 e. The number of furan rings is 1. The maximum Gasteiger partial charge on any atom is 0.129 e. The zero-order valence-electron chi connectivity index (χ0n) is 10.7. The Morgan fingerprint density at radius 2 is 2.24 bits per heavy atom. The predicted octanol–water partition coefficient (Wildman–Crippen LogP) is 2.93. The van der Waals surface area contributed by atoms with Crippen molar-refractivity contribution < 1.29 is 9.52 Å². The average molecular weight is 237 g/mol. The van der Waals surface area contributed by atoms with Gasteiger partial charge >= 0.3 is 0 Å². The first kappa shape index (κ1) is 12.7. The van der Waals surface area contributed by atoms with Crippen molar-refractivity contribution in [1.29, 1.82) is 0 Å². The maximum absolute atomic E-state index is 8.97. The van der Waals surface area contributed by atoms with Gasteiger partial charge in [-0.3, -0.25) is 4.90 Å². The fourth-order valence-electron chi connectivity index (χ4n) is 2.66. The van der Waals surface area contributed by atoms with E-state index in [1.165, 1.54) is 38.6 Å². The number of hydrogen-bond acceptors (Lipinski definition) is 3. The number of aliphatic hydroxyl groups excluding tert-OH is 1. The van der Waals surface area contributed by atoms with Gasteiger partial charge in [-0.1, -0.05) is 19.8 Å². The van der Waals surface area contributed by atoms with E-state index < -0.39 is 0 Å². The van der Waals surface area contributed by atoms with Crippen LogP contribution in [0.3, 0.4) is 0 Å². The van der Waals surface area contributed by atoms with Crippen LogP contribution in [0, 0.1) is 0 Å². The molecule has 17 heavy (non-hydrogen) atoms. The number of unbranched alkanes of at least 4 members (excludes halogenated alkanes) is 1. The Morgan fingerprint density at radius 1 is 1.41 bits per heavy atom. The molecule has 1 saturated heterocycles. The third-order valence-electron chi connectivity index (χ3n) is 3.62. The first-order valence-electron chi connectivity index (χ1n) is 6.76. The van der Waals surface area contributed by atoms with Crippen LogP contribution in [0.1, 0.15) is 50.5 Å². The number of nitrogens with zero attached hydrogens (tertiary/aromatic N) is 1. The monoisotopic (exact) mass is 237 g/mol. The third kappa shape index (κ3) is 3.33. The molecule has 1 aromatic rings. The van der Waals surface area contributed by atoms with E-state index in [1.54, 1.807) is 0 Å². The Labute approximate surface area is 103 Å². The first-order valence-corrected chi connectivity index (χ1v) is 6.76. The van der Waals surface area contributed by atoms with Crippen LogP contribution < -0.4 is 0 Å². The highest BCUT2D eigenvalue weighted by molar-refractivity contribution is 5.06. The van der Waals surface area contributed by atoms with Gasteiger partial charge in [-0.15, -0.1) is 0 Å². The topological polar surface area (TPSA) is 36.6 Å². The molecule has 0 spiro atoms. The number of aliphatic hydroxyl groups is 1. The van der Waals surface area contributed by atoms with Crippen LogP contribution in [-0.2, 0) is 13.2 Å². The summed E-state index contributed by atoms with van der Waals surface area (Å²) in [6.07, 6.45) is 6.54. The molecule has 0 saturated carbocycles. The average Bonchev–Trinajstić information content (AvgIpc) is 2.96. The SMILES string of the molecule is CCCC[C@H]1CCCN1Cc1ccc(CO)o1. The molecule has 3 nitrogen and oxygen atoms in total. The molecule has 0 radical (unpaired) electrons. The van der Waals surface area contributed by atoms with Gasteiger partial charge in [0.05, 0.1) is 6.54 Å². The van der Waals surface area contributed by atoms with Crippen molar-refractivity contribution >= 4 is 0 Å². The molecule has 2 heterocycles. The van der Waals surface area contributed by atoms with Gasteiger partial charge in [-0.05, 0) is 37.9 Å². The minimum atomic E-state index is -0.000731. The highest BCUT2D eigenvalue weighted by Crippen LogP contribution is 2.24. The second-order valence-corrected chi connectivity index (χ2v) is 4.93. The normalized spacial score (nSPS) is 21.2. The van der Waals surface area contributed by atoms with E-state index in [-0.39, 0.29) is 6.61 Å². The fourth-order valence-corrected chi connectivity index (χ4v) is 2.66. The van der Waals surface area contributed by atoms with Gasteiger partial charge < -0.3 is 9.52 Å². The molecule has 1 aliphatic heterocycles. The lowest BCUT2D eigenvalue weighted by Gasteiger charge is -2.23. The van der Waals surface area contributed by atoms with Gasteiger partial charge in [0.1, 0.15) is 18.1 Å². The zero-order chi connectivity index (χ0) is 12.1. The van der Waals surface area contributed by atoms with Crippen LogP contribution in [0.5, 0.6) is 0 Å². The molecule has 1 fully saturated rings. The summed E-state index contributed by atoms with van der Waals surface area (Å²) in [5.74, 6) is 1.65. The fraction of sp³-hybridized carbons (Fsp3) is 0.714. The van der Waals surface area contributed by atoms with E-state index in [4.69, 9.17) is 9.52 Å². The molecule has 1 aromatic heterocycles. The lowest BCUT2D eigenvalue weighted by molar-refractivity contribution is 0.201. The Bertz CT molecular complexity index is 335. The summed E-state index contributed by atoms with van der Waals surface area (Å²) in [6.45, 7) is 4.33. The van der Waals surface area contributed by atoms with E-state index in [2.05, 4.69) is 11.8 Å². The molecule has 96 valence electrons. The van der Waals surface area contributed by atoms with Crippen molar-refractivity contribution in [3.05, 3.63) is 23.7 Å². The lowest BCUT2D eigenvalue weighted by atomic mass is 10.1. The second-order valence-electron chi connectivity index (χ2n) is 4.93. The highest BCUT2D eigenvalue weighted by Gasteiger charge is 2.24. The molecule has 0 aromatic carbocycles. The molecule has 0 bridgehead atoms. The molecule has 1 aliphatic rings. The lowest BCUT2D eigenvalue weighted by Crippen LogP contribution is -2.28. The van der Waals surface area contributed by atoms with E-state index in [0.29, 0.717) is 5.76 Å². The summed E-state index contributed by atoms with van der Waals surface area (Å²) in [5.41, 5.74) is 0. The maximum atomic E-state index is 8.97. The number of hydrogen-bond donors (Lipinski definition) is 1. The summed E-state index contributed by atoms with van der Waals surface area (Å²) in [7, 11) is 0. The van der Waals surface area contributed by atoms with Gasteiger partial charge in [0.2, 0.25) is 0 Å². The van der Waals surface area contributed by atoms with Crippen LogP contribution in [0.2, 0.25) is 0 Å². The minimum absolute atomic E-state index is 0.000731. The Balaban J connectivity index is 1.88. The largest absolute Gasteiger partial charge is 0.462 e. The van der Waals surface area contributed by atoms with E-state index in [1.807, 2.05) is 12.1 Å². The Hall–Kier alpha value is -0.800. The highest BCUT2D eigenvalue weighted by atomic mass is 16.4. The van der Waals surface area contributed by atoms with Gasteiger partial charge in [-0.2, -0.15) is 0 Å². The Kier molecular flexibility index (Phi) is 4.63. The quantitative estimate of drug-likeness (QED) is 0.826. The molecule has 1 atom stereocenters. The van der Waals surface area contributed by atoms with Gasteiger partial charge in [0.25, 0.3) is 0 Å². The van der Waals surface area contributed by atoms with E-state index in [9.17, 15) is 0 Å². The molecule has 1 N–H and O–H groups in total. The summed E-state index contributed by atoms with van der Waals surface area (Å²) < 4.78 is 5.56. The summed E-state index contributed by atoms with van der Waals surface area (Å²) >= 11 is 0. The summed E-state index contributed by atoms with van der Waals surface area (Å²) in [4.78, 5) is 2.52. The zero-order valence-corrected chi connectivity index (χ0v) is 10.7. The van der Waals surface area contributed by atoms with Crippen molar-refractivity contribution in [1.82, 2.24) is 4.90 Å². The van der Waals surface area contributed by atoms with Gasteiger partial charge in [-0.25, -0.2) is 0 Å². The van der Waals surface area contributed by atoms with Crippen molar-refractivity contribution in [3.8, 4) is 0 Å². The van der Waals surface area contributed by atoms with Crippen LogP contribution in [0.25, 0.3) is 0 Å². The predicted molar refractivity (Wildman–Crippen MR) is 67.6 cm³/mol. The van der Waals surface area contributed by atoms with Crippen LogP contribution >= 0.6 is 0 Å². The molecule has 3 heteroatoms. The molecular weight excluding hydrogens is 214 g/mol. The summed E-state index contributed by atoms with van der Waals surface area (Å²) in [6, 6.07) is 4.59. The Morgan fingerprint density at radius 3 is 2.94 bits per heavy atom. The van der Waals surface area contributed by atoms with E-state index >= 15 is 0 Å². The number of likely N-dealkylation sites (tertiary alicyclic amines) is 1. The van der Waals surface area contributed by atoms with Crippen molar-refractivity contribution in [3.63, 3.8) is 0 Å². The van der Waals surface area contributed by atoms with Crippen LogP contribution in [-0.4, -0.2) is 22.6 Å². The van der Waals surface area contributed by atoms with Crippen molar-refractivity contribution in [2.24, 2.45) is 0 Å². The van der Waals surface area contributed by atoms with Crippen molar-refractivity contribution in [2.75, 3.05) is 6.54 Å². The minimum Gasteiger partial charge on any atom is -0.462 e. The molecule has 0 aliphatic carbocycles.